The minimum absolute atomic E-state index is 0.0551. The molecule has 3 aromatic rings. The average molecular weight is 790 g/mol. The quantitative estimate of drug-likeness (QED) is 0.0312. The molecule has 0 aliphatic carbocycles. The number of carbonyl (C=O) groups excluding carboxylic acids is 3. The molecule has 0 saturated carbocycles. The number of Topliss-reactive ketones (excluding diaryl/α,β-unsaturated/α-hetero) is 1. The van der Waals surface area contributed by atoms with Gasteiger partial charge in [0.15, 0.2) is 23.2 Å². The van der Waals surface area contributed by atoms with E-state index < -0.39 is 64.4 Å². The Labute approximate surface area is 313 Å². The van der Waals surface area contributed by atoms with Crippen LogP contribution in [0.2, 0.25) is 0 Å². The highest BCUT2D eigenvalue weighted by atomic mass is 32.3. The molecular formula is C32H39N9O11S2. The van der Waals surface area contributed by atoms with Crippen molar-refractivity contribution < 1.29 is 55.8 Å². The molecule has 6 N–H and O–H groups in total. The largest absolute Gasteiger partial charge is 0.724 e. The summed E-state index contributed by atoms with van der Waals surface area (Å²) in [6.07, 6.45) is 2.41. The van der Waals surface area contributed by atoms with Crippen molar-refractivity contribution in [2.24, 2.45) is 22.7 Å². The van der Waals surface area contributed by atoms with Crippen LogP contribution < -0.4 is 31.1 Å². The third kappa shape index (κ3) is 8.22. The van der Waals surface area contributed by atoms with Crippen LogP contribution in [0, 0.1) is 11.8 Å². The Morgan fingerprint density at radius 3 is 2.65 bits per heavy atom. The lowest BCUT2D eigenvalue weighted by molar-refractivity contribution is -0.781. The summed E-state index contributed by atoms with van der Waals surface area (Å²) in [5.74, 6) is -3.78. The first-order chi connectivity index (χ1) is 25.5. The predicted octanol–water partition coefficient (Wildman–Crippen LogP) is -0.616. The molecule has 6 rings (SSSR count). The van der Waals surface area contributed by atoms with Gasteiger partial charge in [0.1, 0.15) is 23.7 Å². The highest BCUT2D eigenvalue weighted by Gasteiger charge is 2.57. The van der Waals surface area contributed by atoms with Crippen LogP contribution in [-0.4, -0.2) is 100.0 Å². The number of rotatable bonds is 18. The number of nitrogens with one attached hydrogen (secondary N) is 1. The number of anilines is 2. The number of aliphatic carboxylic acids is 1. The lowest BCUT2D eigenvalue weighted by atomic mass is 9.74. The average Bonchev–Trinajstić information content (AvgIpc) is 3.80. The van der Waals surface area contributed by atoms with Gasteiger partial charge in [0.05, 0.1) is 30.7 Å². The molecule has 22 heteroatoms. The van der Waals surface area contributed by atoms with E-state index >= 15 is 0 Å². The molecular weight excluding hydrogens is 751 g/mol. The van der Waals surface area contributed by atoms with Crippen LogP contribution in [-0.2, 0) is 53.5 Å². The minimum atomic E-state index is -5.26. The highest BCUT2D eigenvalue weighted by Crippen LogP contribution is 2.41. The number of aromatic nitrogens is 3. The van der Waals surface area contributed by atoms with Crippen molar-refractivity contribution in [3.63, 3.8) is 0 Å². The van der Waals surface area contributed by atoms with Crippen LogP contribution in [0.3, 0.4) is 0 Å². The van der Waals surface area contributed by atoms with Gasteiger partial charge in [-0.3, -0.25) is 19.3 Å². The van der Waals surface area contributed by atoms with Gasteiger partial charge in [0.2, 0.25) is 16.6 Å². The number of hydrogen-bond acceptors (Lipinski definition) is 16. The van der Waals surface area contributed by atoms with E-state index in [0.717, 1.165) is 43.1 Å². The number of thiazole rings is 1. The lowest BCUT2D eigenvalue weighted by Crippen LogP contribution is -2.68. The van der Waals surface area contributed by atoms with E-state index in [4.69, 9.17) is 21.0 Å². The van der Waals surface area contributed by atoms with Gasteiger partial charge in [-0.05, 0) is 50.6 Å². The third-order valence-electron chi connectivity index (χ3n) is 9.39. The van der Waals surface area contributed by atoms with Crippen LogP contribution >= 0.6 is 11.3 Å². The zero-order valence-electron chi connectivity index (χ0n) is 29.2. The fourth-order valence-corrected chi connectivity index (χ4v) is 7.28. The monoisotopic (exact) mass is 789 g/mol. The van der Waals surface area contributed by atoms with Gasteiger partial charge in [0.25, 0.3) is 17.9 Å². The zero-order valence-corrected chi connectivity index (χ0v) is 30.9. The van der Waals surface area contributed by atoms with Gasteiger partial charge < -0.3 is 36.0 Å². The molecule has 2 atom stereocenters. The van der Waals surface area contributed by atoms with Crippen molar-refractivity contribution in [3.8, 4) is 5.75 Å². The van der Waals surface area contributed by atoms with Crippen molar-refractivity contribution in [2.45, 2.75) is 58.0 Å². The van der Waals surface area contributed by atoms with Gasteiger partial charge in [-0.15, -0.1) is 16.0 Å². The maximum atomic E-state index is 13.4. The van der Waals surface area contributed by atoms with Gasteiger partial charge in [-0.1, -0.05) is 5.16 Å². The third-order valence-corrected chi connectivity index (χ3v) is 10.4. The molecule has 0 radical (unpaired) electrons. The van der Waals surface area contributed by atoms with Crippen molar-refractivity contribution in [1.82, 2.24) is 20.0 Å². The molecule has 5 heterocycles. The number of ketones is 1. The number of oxime groups is 1. The van der Waals surface area contributed by atoms with Crippen LogP contribution in [0.25, 0.3) is 0 Å². The number of aryl methyl sites for hydroxylation is 1. The first kappa shape index (κ1) is 38.7. The fraction of sp³-hybridized carbons (Fsp3) is 0.469. The van der Waals surface area contributed by atoms with E-state index in [-0.39, 0.29) is 29.0 Å². The van der Waals surface area contributed by atoms with E-state index in [1.54, 1.807) is 17.0 Å². The van der Waals surface area contributed by atoms with E-state index in [1.807, 2.05) is 12.4 Å². The smallest absolute Gasteiger partial charge is 0.351 e. The second kappa shape index (κ2) is 15.4. The zero-order chi connectivity index (χ0) is 38.9. The summed E-state index contributed by atoms with van der Waals surface area (Å²) in [7, 11) is -5.26. The molecule has 3 aliphatic heterocycles. The van der Waals surface area contributed by atoms with Gasteiger partial charge in [-0.25, -0.2) is 18.2 Å². The molecule has 0 unspecified atom stereocenters. The van der Waals surface area contributed by atoms with Crippen LogP contribution in [0.15, 0.2) is 41.1 Å². The Morgan fingerprint density at radius 1 is 1.28 bits per heavy atom. The topological polar surface area (TPSA) is 278 Å². The van der Waals surface area contributed by atoms with E-state index in [2.05, 4.69) is 29.1 Å². The molecule has 2 amide bonds. The highest BCUT2D eigenvalue weighted by molar-refractivity contribution is 7.80. The van der Waals surface area contributed by atoms with Crippen molar-refractivity contribution in [1.29, 1.82) is 0 Å². The molecule has 1 aromatic carbocycles. The number of fused-ring (bicyclic) bond motifs is 1. The molecule has 20 nitrogen and oxygen atoms in total. The summed E-state index contributed by atoms with van der Waals surface area (Å²) >= 11 is 0.966. The standard InChI is InChI=1S/C32H39N9O11S2/c1-32(2)23(29(44)41(32)52-54(47,48)49)9-25(42)27(24-17-53-31(34)36-24)37-51-26(30(45)46)16-50-21-4-5-22-19(8-21)13-40(28(22)43)20-14-38(7-3-6-33)39(15-20)12-18-10-35-11-18/h4-5,8,14-15,17-18,23,26,35H,3,6-7,9-13,16,33H2,1-2H3,(H3-,34,36,45,46,47,48,49)/b37-27-/t23-,26+/m1/s1. The molecule has 3 aliphatic rings. The van der Waals surface area contributed by atoms with Crippen molar-refractivity contribution >= 4 is 61.8 Å². The Bertz CT molecular complexity index is 2100. The number of benzene rings is 1. The molecule has 290 valence electrons. The van der Waals surface area contributed by atoms with Crippen molar-refractivity contribution in [2.75, 3.05) is 36.9 Å². The number of hydroxylamine groups is 2. The summed E-state index contributed by atoms with van der Waals surface area (Å²) in [6, 6.07) is 4.78. The number of nitrogen functional groups attached to an aromatic ring is 1. The summed E-state index contributed by atoms with van der Waals surface area (Å²) in [6.45, 7) is 6.40. The minimum Gasteiger partial charge on any atom is -0.724 e. The maximum absolute atomic E-state index is 13.4. The number of β-lactam (4-membered cyclic amide) rings is 1. The first-order valence-electron chi connectivity index (χ1n) is 16.8. The lowest BCUT2D eigenvalue weighted by Gasteiger charge is -2.51. The molecule has 0 spiro atoms. The normalized spacial score (nSPS) is 19.0. The number of nitrogens with zero attached hydrogens (tertiary/aromatic N) is 6. The molecule has 2 aromatic heterocycles. The number of ether oxygens (including phenoxy) is 1. The summed E-state index contributed by atoms with van der Waals surface area (Å²) in [4.78, 5) is 62.7. The molecule has 2 saturated heterocycles. The van der Waals surface area contributed by atoms with Gasteiger partial charge >= 0.3 is 5.97 Å². The van der Waals surface area contributed by atoms with Crippen LogP contribution in [0.4, 0.5) is 10.8 Å². The summed E-state index contributed by atoms with van der Waals surface area (Å²) in [5.41, 5.74) is 11.5. The van der Waals surface area contributed by atoms with Gasteiger partial charge in [0, 0.05) is 36.4 Å². The first-order valence-corrected chi connectivity index (χ1v) is 19.1. The van der Waals surface area contributed by atoms with Gasteiger partial charge in [-0.2, -0.15) is 14.0 Å². The van der Waals surface area contributed by atoms with Crippen molar-refractivity contribution in [3.05, 3.63) is 52.8 Å². The fourth-order valence-electron chi connectivity index (χ4n) is 6.29. The predicted molar refractivity (Wildman–Crippen MR) is 188 cm³/mol. The Morgan fingerprint density at radius 2 is 2.04 bits per heavy atom. The number of amides is 2. The second-order valence-corrected chi connectivity index (χ2v) is 15.4. The SMILES string of the molecule is CC1(C)[C@H](CC(=O)/C(=N\O[C@@H](COc2ccc3c(c2)CN(c2cn(CCCN)[n+](CC4CNC4)c2)C3=O)C(=O)O)c2csc(N)n2)C(=O)N1OS(=O)(=O)[O-]. The number of carbonyl (C=O) groups is 4. The number of nitrogens with two attached hydrogens (primary N) is 2. The second-order valence-electron chi connectivity index (χ2n) is 13.5. The van der Waals surface area contributed by atoms with Crippen LogP contribution in [0.5, 0.6) is 5.75 Å². The molecule has 0 bridgehead atoms. The number of hydrogen-bond donors (Lipinski definition) is 4. The summed E-state index contributed by atoms with van der Waals surface area (Å²) in [5, 5.41) is 18.8. The molecule has 2 fully saturated rings. The maximum Gasteiger partial charge on any atom is 0.351 e. The van der Waals surface area contributed by atoms with E-state index in [1.165, 1.54) is 25.3 Å². The number of carboxylic acids is 1. The van der Waals surface area contributed by atoms with Crippen LogP contribution in [0.1, 0.15) is 48.3 Å². The Balaban J connectivity index is 1.13. The Kier molecular flexibility index (Phi) is 11.0. The summed E-state index contributed by atoms with van der Waals surface area (Å²) < 4.78 is 47.4. The molecule has 54 heavy (non-hydrogen) atoms. The van der Waals surface area contributed by atoms with E-state index in [0.29, 0.717) is 35.2 Å². The Hall–Kier alpha value is -5.00. The number of carboxylic acid groups (broad SMARTS) is 1. The van der Waals surface area contributed by atoms with E-state index in [9.17, 15) is 37.3 Å².